The van der Waals surface area contributed by atoms with Crippen LogP contribution in [0.2, 0.25) is 0 Å². The Morgan fingerprint density at radius 1 is 1.24 bits per heavy atom. The molecular formula is C17H20FNOS. The van der Waals surface area contributed by atoms with Crippen molar-refractivity contribution in [3.63, 3.8) is 0 Å². The lowest BCUT2D eigenvalue weighted by Gasteiger charge is -2.14. The molecule has 1 atom stereocenters. The summed E-state index contributed by atoms with van der Waals surface area (Å²) in [6, 6.07) is 12.9. The minimum Gasteiger partial charge on any atom is -0.497 e. The quantitative estimate of drug-likeness (QED) is 0.866. The smallest absolute Gasteiger partial charge is 0.137 e. The van der Waals surface area contributed by atoms with E-state index in [1.165, 1.54) is 17.8 Å². The molecule has 2 rings (SSSR count). The summed E-state index contributed by atoms with van der Waals surface area (Å²) in [4.78, 5) is 1.60. The average molecular weight is 305 g/mol. The van der Waals surface area contributed by atoms with Crippen molar-refractivity contribution in [3.8, 4) is 5.75 Å². The topological polar surface area (TPSA) is 35.2 Å². The van der Waals surface area contributed by atoms with Crippen molar-refractivity contribution in [1.29, 1.82) is 0 Å². The van der Waals surface area contributed by atoms with E-state index in [1.807, 2.05) is 37.3 Å². The fourth-order valence-electron chi connectivity index (χ4n) is 2.04. The zero-order valence-corrected chi connectivity index (χ0v) is 13.1. The first-order valence-electron chi connectivity index (χ1n) is 6.99. The van der Waals surface area contributed by atoms with Gasteiger partial charge in [0.25, 0.3) is 0 Å². The van der Waals surface area contributed by atoms with Crippen molar-refractivity contribution >= 4 is 11.8 Å². The summed E-state index contributed by atoms with van der Waals surface area (Å²) < 4.78 is 19.4. The van der Waals surface area contributed by atoms with Crippen LogP contribution in [0, 0.1) is 5.82 Å². The van der Waals surface area contributed by atoms with Crippen molar-refractivity contribution in [2.75, 3.05) is 7.11 Å². The predicted molar refractivity (Wildman–Crippen MR) is 85.5 cm³/mol. The summed E-state index contributed by atoms with van der Waals surface area (Å²) in [6.07, 6.45) is 1.56. The molecule has 2 aromatic rings. The highest BCUT2D eigenvalue weighted by atomic mass is 32.2. The molecule has 0 radical (unpaired) electrons. The van der Waals surface area contributed by atoms with Crippen LogP contribution >= 0.6 is 11.8 Å². The van der Waals surface area contributed by atoms with E-state index in [4.69, 9.17) is 10.5 Å². The molecule has 112 valence electrons. The van der Waals surface area contributed by atoms with Crippen LogP contribution in [0.1, 0.15) is 18.9 Å². The Morgan fingerprint density at radius 2 is 2.00 bits per heavy atom. The van der Waals surface area contributed by atoms with Crippen LogP contribution in [0.15, 0.2) is 52.3 Å². The summed E-state index contributed by atoms with van der Waals surface area (Å²) in [5, 5.41) is 0. The van der Waals surface area contributed by atoms with Gasteiger partial charge in [0.2, 0.25) is 0 Å². The van der Waals surface area contributed by atoms with Gasteiger partial charge in [-0.1, -0.05) is 36.9 Å². The molecule has 1 unspecified atom stereocenters. The summed E-state index contributed by atoms with van der Waals surface area (Å²) in [5.41, 5.74) is 6.97. The lowest BCUT2D eigenvalue weighted by Crippen LogP contribution is -2.21. The number of benzene rings is 2. The third-order valence-electron chi connectivity index (χ3n) is 3.32. The fourth-order valence-corrected chi connectivity index (χ4v) is 3.04. The highest BCUT2D eigenvalue weighted by Crippen LogP contribution is 2.34. The Balaban J connectivity index is 2.29. The van der Waals surface area contributed by atoms with Crippen LogP contribution in [-0.2, 0) is 6.42 Å². The maximum absolute atomic E-state index is 14.2. The lowest BCUT2D eigenvalue weighted by atomic mass is 10.0. The number of hydrogen-bond donors (Lipinski definition) is 1. The molecule has 0 aliphatic heterocycles. The Morgan fingerprint density at radius 3 is 2.71 bits per heavy atom. The van der Waals surface area contributed by atoms with Gasteiger partial charge in [-0.25, -0.2) is 4.39 Å². The molecule has 0 bridgehead atoms. The highest BCUT2D eigenvalue weighted by molar-refractivity contribution is 7.99. The number of ether oxygens (including phenoxy) is 1. The second kappa shape index (κ2) is 7.48. The first-order chi connectivity index (χ1) is 10.1. The Labute approximate surface area is 129 Å². The minimum atomic E-state index is -0.205. The van der Waals surface area contributed by atoms with Gasteiger partial charge >= 0.3 is 0 Å². The van der Waals surface area contributed by atoms with Gasteiger partial charge in [0, 0.05) is 10.9 Å². The minimum absolute atomic E-state index is 0.0523. The average Bonchev–Trinajstić information content (AvgIpc) is 2.50. The molecule has 0 saturated heterocycles. The molecule has 2 nitrogen and oxygen atoms in total. The first-order valence-corrected chi connectivity index (χ1v) is 7.80. The lowest BCUT2D eigenvalue weighted by molar-refractivity contribution is 0.413. The van der Waals surface area contributed by atoms with Gasteiger partial charge in [-0.15, -0.1) is 0 Å². The fraction of sp³-hybridized carbons (Fsp3) is 0.294. The van der Waals surface area contributed by atoms with Gasteiger partial charge in [-0.2, -0.15) is 0 Å². The van der Waals surface area contributed by atoms with Crippen LogP contribution in [0.25, 0.3) is 0 Å². The third kappa shape index (κ3) is 4.22. The second-order valence-corrected chi connectivity index (χ2v) is 5.97. The third-order valence-corrected chi connectivity index (χ3v) is 4.47. The van der Waals surface area contributed by atoms with Crippen LogP contribution in [0.5, 0.6) is 5.75 Å². The van der Waals surface area contributed by atoms with E-state index in [-0.39, 0.29) is 11.9 Å². The molecule has 21 heavy (non-hydrogen) atoms. The first kappa shape index (κ1) is 15.9. The molecule has 0 spiro atoms. The molecule has 2 N–H and O–H groups in total. The Bertz CT molecular complexity index is 603. The van der Waals surface area contributed by atoms with Crippen molar-refractivity contribution in [3.05, 3.63) is 53.8 Å². The predicted octanol–water partition coefficient (Wildman–Crippen LogP) is 4.27. The van der Waals surface area contributed by atoms with E-state index >= 15 is 0 Å². The monoisotopic (exact) mass is 305 g/mol. The van der Waals surface area contributed by atoms with E-state index < -0.39 is 0 Å². The van der Waals surface area contributed by atoms with Gasteiger partial charge in [0.05, 0.1) is 12.0 Å². The Kier molecular flexibility index (Phi) is 5.65. The molecule has 0 amide bonds. The number of nitrogens with two attached hydrogens (primary N) is 1. The molecule has 0 fully saturated rings. The number of hydrogen-bond acceptors (Lipinski definition) is 3. The normalized spacial score (nSPS) is 12.2. The molecule has 0 aliphatic carbocycles. The van der Waals surface area contributed by atoms with Crippen LogP contribution in [-0.4, -0.2) is 13.2 Å². The summed E-state index contributed by atoms with van der Waals surface area (Å²) >= 11 is 1.41. The zero-order valence-electron chi connectivity index (χ0n) is 12.3. The second-order valence-electron chi connectivity index (χ2n) is 4.88. The number of rotatable bonds is 6. The van der Waals surface area contributed by atoms with E-state index in [0.29, 0.717) is 11.3 Å². The molecule has 0 aromatic heterocycles. The molecule has 0 aliphatic rings. The van der Waals surface area contributed by atoms with Crippen molar-refractivity contribution in [2.45, 2.75) is 35.6 Å². The largest absolute Gasteiger partial charge is 0.497 e. The maximum atomic E-state index is 14.2. The molecule has 4 heteroatoms. The number of halogens is 1. The molecular weight excluding hydrogens is 285 g/mol. The van der Waals surface area contributed by atoms with E-state index in [1.54, 1.807) is 13.2 Å². The van der Waals surface area contributed by atoms with Gasteiger partial charge in [0.1, 0.15) is 11.6 Å². The van der Waals surface area contributed by atoms with E-state index in [2.05, 4.69) is 0 Å². The van der Waals surface area contributed by atoms with Gasteiger partial charge in [0.15, 0.2) is 0 Å². The van der Waals surface area contributed by atoms with Gasteiger partial charge in [-0.05, 0) is 42.7 Å². The van der Waals surface area contributed by atoms with Crippen molar-refractivity contribution in [2.24, 2.45) is 5.73 Å². The van der Waals surface area contributed by atoms with Crippen LogP contribution in [0.3, 0.4) is 0 Å². The zero-order chi connectivity index (χ0) is 15.2. The van der Waals surface area contributed by atoms with Crippen LogP contribution < -0.4 is 10.5 Å². The van der Waals surface area contributed by atoms with E-state index in [0.717, 1.165) is 22.6 Å². The van der Waals surface area contributed by atoms with Crippen LogP contribution in [0.4, 0.5) is 4.39 Å². The summed E-state index contributed by atoms with van der Waals surface area (Å²) in [5.74, 6) is 0.562. The van der Waals surface area contributed by atoms with Crippen molar-refractivity contribution < 1.29 is 9.13 Å². The molecule has 0 heterocycles. The molecule has 0 saturated carbocycles. The summed E-state index contributed by atoms with van der Waals surface area (Å²) in [6.45, 7) is 2.04. The van der Waals surface area contributed by atoms with Gasteiger partial charge < -0.3 is 10.5 Å². The Hall–Kier alpha value is -1.52. The maximum Gasteiger partial charge on any atom is 0.137 e. The van der Waals surface area contributed by atoms with E-state index in [9.17, 15) is 4.39 Å². The van der Waals surface area contributed by atoms with Crippen molar-refractivity contribution in [1.82, 2.24) is 0 Å². The standard InChI is InChI=1S/C17H20FNOS/c1-3-13(19)10-12-6-4-9-16(18)17(12)21-15-8-5-7-14(11-15)20-2/h4-9,11,13H,3,10,19H2,1-2H3. The SMILES string of the molecule is CCC(N)Cc1cccc(F)c1Sc1cccc(OC)c1. The highest BCUT2D eigenvalue weighted by Gasteiger charge is 2.13. The molecule has 2 aromatic carbocycles. The van der Waals surface area contributed by atoms with Gasteiger partial charge in [-0.3, -0.25) is 0 Å². The number of methoxy groups -OCH3 is 1. The summed E-state index contributed by atoms with van der Waals surface area (Å²) in [7, 11) is 1.62.